The number of hydrogen-bond donors (Lipinski definition) is 2. The molecule has 14 heteroatoms. The van der Waals surface area contributed by atoms with Crippen LogP contribution in [0.2, 0.25) is 0 Å². The number of carbonyl (C=O) groups is 1. The van der Waals surface area contributed by atoms with Crippen LogP contribution in [0.25, 0.3) is 0 Å². The zero-order chi connectivity index (χ0) is 30.4. The van der Waals surface area contributed by atoms with Gasteiger partial charge in [-0.3, -0.25) is 0 Å². The molecule has 40 heavy (non-hydrogen) atoms. The average Bonchev–Trinajstić information content (AvgIpc) is 2.82. The van der Waals surface area contributed by atoms with Crippen molar-refractivity contribution in [2.75, 3.05) is 0 Å². The fourth-order valence-electron chi connectivity index (χ4n) is 4.76. The molecule has 1 amide bonds. The van der Waals surface area contributed by atoms with Crippen LogP contribution in [-0.2, 0) is 24.9 Å². The van der Waals surface area contributed by atoms with E-state index in [9.17, 15) is 49.1 Å². The minimum Gasteiger partial charge on any atom is -0.444 e. The number of rotatable bonds is 5. The Morgan fingerprint density at radius 3 is 1.80 bits per heavy atom. The highest BCUT2D eigenvalue weighted by Gasteiger charge is 2.71. The quantitative estimate of drug-likeness (QED) is 0.312. The van der Waals surface area contributed by atoms with Crippen LogP contribution in [0.4, 0.5) is 35.5 Å². The van der Waals surface area contributed by atoms with E-state index in [1.165, 1.54) is 0 Å². The molecule has 0 aromatic heterocycles. The lowest BCUT2D eigenvalue weighted by atomic mass is 9.80. The SMILES string of the molecule is CC(C)(C)OC(=O)N[C@H]1CC[C@](c2ccc(C(O)(C(F)(F)F)C(F)(F)F)cc2)(S(=O)(=O)c2ccc(F)cc2)CC1. The molecule has 222 valence electrons. The number of carbonyl (C=O) groups excluding carboxylic acids is 1. The van der Waals surface area contributed by atoms with E-state index in [-0.39, 0.29) is 36.1 Å². The van der Waals surface area contributed by atoms with Gasteiger partial charge in [-0.25, -0.2) is 17.6 Å². The maximum Gasteiger partial charge on any atom is 0.430 e. The van der Waals surface area contributed by atoms with Crippen molar-refractivity contribution in [2.24, 2.45) is 0 Å². The van der Waals surface area contributed by atoms with Crippen LogP contribution >= 0.6 is 0 Å². The van der Waals surface area contributed by atoms with Gasteiger partial charge in [0.25, 0.3) is 5.60 Å². The maximum atomic E-state index is 13.9. The second-order valence-corrected chi connectivity index (χ2v) is 12.9. The van der Waals surface area contributed by atoms with Crippen LogP contribution in [0.5, 0.6) is 0 Å². The lowest BCUT2D eigenvalue weighted by Crippen LogP contribution is -2.54. The number of aliphatic hydroxyl groups is 1. The van der Waals surface area contributed by atoms with Gasteiger partial charge in [-0.15, -0.1) is 0 Å². The first kappa shape index (κ1) is 31.7. The van der Waals surface area contributed by atoms with Crippen molar-refractivity contribution in [1.29, 1.82) is 0 Å². The standard InChI is InChI=1S/C26H28F7NO5S/c1-22(2,3)39-21(35)34-19-12-14-23(15-13-19,40(37,38)20-10-8-18(27)9-11-20)16-4-6-17(7-5-16)24(36,25(28,29)30)26(31,32)33/h4-11,19,36H,12-15H2,1-3H3,(H,34,35)/t19-,23-. The Hall–Kier alpha value is -2.87. The monoisotopic (exact) mass is 599 g/mol. The van der Waals surface area contributed by atoms with E-state index in [2.05, 4.69) is 5.32 Å². The second-order valence-electron chi connectivity index (χ2n) is 10.7. The molecule has 0 radical (unpaired) electrons. The molecule has 0 saturated heterocycles. The predicted octanol–water partition coefficient (Wildman–Crippen LogP) is 6.27. The molecule has 1 aliphatic rings. The highest BCUT2D eigenvalue weighted by atomic mass is 32.2. The Balaban J connectivity index is 2.05. The van der Waals surface area contributed by atoms with Crippen LogP contribution in [0.1, 0.15) is 57.6 Å². The zero-order valence-corrected chi connectivity index (χ0v) is 22.5. The summed E-state index contributed by atoms with van der Waals surface area (Å²) in [5, 5.41) is 12.4. The molecule has 2 aromatic rings. The summed E-state index contributed by atoms with van der Waals surface area (Å²) in [7, 11) is -4.40. The van der Waals surface area contributed by atoms with Crippen molar-refractivity contribution >= 4 is 15.9 Å². The van der Waals surface area contributed by atoms with Gasteiger partial charge in [0, 0.05) is 11.6 Å². The summed E-state index contributed by atoms with van der Waals surface area (Å²) in [6.45, 7) is 4.95. The summed E-state index contributed by atoms with van der Waals surface area (Å²) >= 11 is 0. The van der Waals surface area contributed by atoms with Crippen molar-refractivity contribution in [3.8, 4) is 0 Å². The smallest absolute Gasteiger partial charge is 0.430 e. The number of alkyl carbamates (subject to hydrolysis) is 1. The van der Waals surface area contributed by atoms with Gasteiger partial charge in [-0.2, -0.15) is 26.3 Å². The first-order chi connectivity index (χ1) is 18.1. The number of nitrogens with one attached hydrogen (secondary N) is 1. The average molecular weight is 600 g/mol. The molecule has 0 unspecified atom stereocenters. The Bertz CT molecular complexity index is 1290. The van der Waals surface area contributed by atoms with E-state index in [0.29, 0.717) is 12.1 Å². The van der Waals surface area contributed by atoms with Gasteiger partial charge in [-0.05, 0) is 76.3 Å². The number of alkyl halides is 6. The summed E-state index contributed by atoms with van der Waals surface area (Å²) in [5.74, 6) is -0.721. The van der Waals surface area contributed by atoms with E-state index >= 15 is 0 Å². The van der Waals surface area contributed by atoms with Crippen LogP contribution in [0.3, 0.4) is 0 Å². The molecule has 1 saturated carbocycles. The highest BCUT2D eigenvalue weighted by Crippen LogP contribution is 2.51. The molecule has 0 spiro atoms. The molecule has 0 bridgehead atoms. The van der Waals surface area contributed by atoms with Gasteiger partial charge in [-0.1, -0.05) is 24.3 Å². The van der Waals surface area contributed by atoms with Crippen LogP contribution in [-0.4, -0.2) is 43.6 Å². The normalized spacial score (nSPS) is 21.1. The number of hydrogen-bond acceptors (Lipinski definition) is 5. The summed E-state index contributed by atoms with van der Waals surface area (Å²) in [6, 6.07) is 5.70. The lowest BCUT2D eigenvalue weighted by molar-refractivity contribution is -0.376. The van der Waals surface area contributed by atoms with Crippen LogP contribution in [0, 0.1) is 5.82 Å². The van der Waals surface area contributed by atoms with Gasteiger partial charge >= 0.3 is 18.4 Å². The zero-order valence-electron chi connectivity index (χ0n) is 21.7. The molecule has 1 aliphatic carbocycles. The molecule has 3 rings (SSSR count). The summed E-state index contributed by atoms with van der Waals surface area (Å²) in [5.41, 5.74) is -7.64. The van der Waals surface area contributed by atoms with E-state index < -0.39 is 61.7 Å². The first-order valence-corrected chi connectivity index (χ1v) is 13.6. The van der Waals surface area contributed by atoms with Crippen molar-refractivity contribution in [2.45, 2.75) is 85.7 Å². The Morgan fingerprint density at radius 2 is 1.38 bits per heavy atom. The van der Waals surface area contributed by atoms with E-state index in [1.807, 2.05) is 0 Å². The molecule has 1 fully saturated rings. The summed E-state index contributed by atoms with van der Waals surface area (Å²) < 4.78 is 125. The minimum atomic E-state index is -6.12. The number of halogens is 7. The van der Waals surface area contributed by atoms with E-state index in [0.717, 1.165) is 36.4 Å². The fraction of sp³-hybridized carbons (Fsp3) is 0.500. The molecule has 0 aliphatic heterocycles. The van der Waals surface area contributed by atoms with Crippen molar-refractivity contribution < 1.29 is 53.8 Å². The van der Waals surface area contributed by atoms with Crippen LogP contribution < -0.4 is 5.32 Å². The van der Waals surface area contributed by atoms with Crippen molar-refractivity contribution in [3.05, 3.63) is 65.5 Å². The van der Waals surface area contributed by atoms with Crippen molar-refractivity contribution in [1.82, 2.24) is 5.32 Å². The third-order valence-corrected chi connectivity index (χ3v) is 9.37. The summed E-state index contributed by atoms with van der Waals surface area (Å²) in [6.07, 6.45) is -13.2. The Morgan fingerprint density at radius 1 is 0.900 bits per heavy atom. The first-order valence-electron chi connectivity index (χ1n) is 12.1. The lowest BCUT2D eigenvalue weighted by Gasteiger charge is -2.40. The molecular formula is C26H28F7NO5S. The molecule has 0 heterocycles. The van der Waals surface area contributed by atoms with Gasteiger partial charge in [0.2, 0.25) is 0 Å². The van der Waals surface area contributed by atoms with Gasteiger partial charge in [0.1, 0.15) is 16.2 Å². The molecule has 2 N–H and O–H groups in total. The third kappa shape index (κ3) is 5.92. The molecule has 0 atom stereocenters. The third-order valence-electron chi connectivity index (χ3n) is 6.80. The molecule has 2 aromatic carbocycles. The second kappa shape index (κ2) is 10.5. The minimum absolute atomic E-state index is 0.0659. The number of ether oxygens (including phenoxy) is 1. The van der Waals surface area contributed by atoms with E-state index in [1.54, 1.807) is 20.8 Å². The number of benzene rings is 2. The van der Waals surface area contributed by atoms with Gasteiger partial charge in [0.15, 0.2) is 9.84 Å². The topological polar surface area (TPSA) is 92.7 Å². The summed E-state index contributed by atoms with van der Waals surface area (Å²) in [4.78, 5) is 11.9. The molecular weight excluding hydrogens is 571 g/mol. The largest absolute Gasteiger partial charge is 0.444 e. The van der Waals surface area contributed by atoms with Crippen LogP contribution in [0.15, 0.2) is 53.4 Å². The van der Waals surface area contributed by atoms with E-state index in [4.69, 9.17) is 4.74 Å². The maximum absolute atomic E-state index is 13.9. The highest BCUT2D eigenvalue weighted by molar-refractivity contribution is 7.92. The van der Waals surface area contributed by atoms with Gasteiger partial charge in [0.05, 0.1) is 4.90 Å². The Labute approximate surface area is 226 Å². The number of amides is 1. The predicted molar refractivity (Wildman–Crippen MR) is 129 cm³/mol. The Kier molecular flexibility index (Phi) is 8.32. The number of sulfone groups is 1. The van der Waals surface area contributed by atoms with Gasteiger partial charge < -0.3 is 15.2 Å². The molecule has 6 nitrogen and oxygen atoms in total. The van der Waals surface area contributed by atoms with Crippen molar-refractivity contribution in [3.63, 3.8) is 0 Å². The fourth-order valence-corrected chi connectivity index (χ4v) is 6.92.